The van der Waals surface area contributed by atoms with Crippen LogP contribution >= 0.6 is 0 Å². The number of carbonyl (C=O) groups is 1. The van der Waals surface area contributed by atoms with E-state index in [9.17, 15) is 10.1 Å². The standard InChI is InChI=1S/C19H26N2O2/c1-14(2)17-6-4-16(5-7-17)12-15(3)21-18(22)19(13-20)8-10-23-11-9-19/h4-7,14-15H,8-12H2,1-3H3,(H,21,22)/t15-/m0/s1. The van der Waals surface area contributed by atoms with Gasteiger partial charge in [-0.15, -0.1) is 0 Å². The lowest BCUT2D eigenvalue weighted by Gasteiger charge is -2.30. The molecule has 23 heavy (non-hydrogen) atoms. The Balaban J connectivity index is 1.94. The summed E-state index contributed by atoms with van der Waals surface area (Å²) in [5.41, 5.74) is 1.59. The lowest BCUT2D eigenvalue weighted by molar-refractivity contribution is -0.133. The Morgan fingerprint density at radius 2 is 1.87 bits per heavy atom. The Morgan fingerprint density at radius 3 is 2.39 bits per heavy atom. The number of benzene rings is 1. The van der Waals surface area contributed by atoms with Gasteiger partial charge in [0.1, 0.15) is 5.41 Å². The molecule has 1 amide bonds. The van der Waals surface area contributed by atoms with Crippen LogP contribution in [-0.4, -0.2) is 25.2 Å². The first-order chi connectivity index (χ1) is 11.0. The van der Waals surface area contributed by atoms with Crippen molar-refractivity contribution in [3.63, 3.8) is 0 Å². The van der Waals surface area contributed by atoms with Gasteiger partial charge in [-0.1, -0.05) is 38.1 Å². The van der Waals surface area contributed by atoms with Crippen molar-refractivity contribution in [2.45, 2.75) is 52.0 Å². The van der Waals surface area contributed by atoms with Gasteiger partial charge >= 0.3 is 0 Å². The summed E-state index contributed by atoms with van der Waals surface area (Å²) in [5.74, 6) is 0.361. The molecule has 1 aliphatic heterocycles. The summed E-state index contributed by atoms with van der Waals surface area (Å²) in [6, 6.07) is 10.7. The maximum absolute atomic E-state index is 12.5. The molecule has 4 heteroatoms. The zero-order valence-electron chi connectivity index (χ0n) is 14.3. The molecule has 0 unspecified atom stereocenters. The molecule has 0 aromatic heterocycles. The van der Waals surface area contributed by atoms with Gasteiger partial charge in [0, 0.05) is 19.3 Å². The van der Waals surface area contributed by atoms with E-state index < -0.39 is 5.41 Å². The summed E-state index contributed by atoms with van der Waals surface area (Å²) in [5, 5.41) is 12.4. The molecule has 0 aliphatic carbocycles. The van der Waals surface area contributed by atoms with E-state index in [0.717, 1.165) is 6.42 Å². The lowest BCUT2D eigenvalue weighted by atomic mass is 9.80. The first kappa shape index (κ1) is 17.5. The van der Waals surface area contributed by atoms with Gasteiger partial charge in [0.05, 0.1) is 6.07 Å². The Morgan fingerprint density at radius 1 is 1.26 bits per heavy atom. The molecule has 1 aromatic rings. The highest BCUT2D eigenvalue weighted by Gasteiger charge is 2.40. The number of ether oxygens (including phenoxy) is 1. The normalized spacial score (nSPS) is 18.2. The van der Waals surface area contributed by atoms with Gasteiger partial charge in [0.15, 0.2) is 0 Å². The summed E-state index contributed by atoms with van der Waals surface area (Å²) < 4.78 is 5.28. The fourth-order valence-electron chi connectivity index (χ4n) is 2.91. The second-order valence-corrected chi connectivity index (χ2v) is 6.78. The van der Waals surface area contributed by atoms with E-state index in [-0.39, 0.29) is 11.9 Å². The number of hydrogen-bond donors (Lipinski definition) is 1. The predicted octanol–water partition coefficient (Wildman–Crippen LogP) is 3.18. The number of nitrogens with zero attached hydrogens (tertiary/aromatic N) is 1. The van der Waals surface area contributed by atoms with Crippen LogP contribution in [0.1, 0.15) is 50.7 Å². The highest BCUT2D eigenvalue weighted by molar-refractivity contribution is 5.85. The van der Waals surface area contributed by atoms with Crippen LogP contribution in [0, 0.1) is 16.7 Å². The van der Waals surface area contributed by atoms with E-state index in [1.165, 1.54) is 11.1 Å². The molecule has 1 fully saturated rings. The van der Waals surface area contributed by atoms with Crippen molar-refractivity contribution in [2.24, 2.45) is 5.41 Å². The number of nitrogens with one attached hydrogen (secondary N) is 1. The number of amides is 1. The summed E-state index contributed by atoms with van der Waals surface area (Å²) in [7, 11) is 0. The SMILES string of the molecule is CC(C)c1ccc(C[C@H](C)NC(=O)C2(C#N)CCOCC2)cc1. The van der Waals surface area contributed by atoms with E-state index in [1.807, 2.05) is 6.92 Å². The third kappa shape index (κ3) is 4.33. The average Bonchev–Trinajstić information content (AvgIpc) is 2.55. The molecule has 1 aliphatic rings. The molecule has 1 aromatic carbocycles. The van der Waals surface area contributed by atoms with Crippen LogP contribution in [0.15, 0.2) is 24.3 Å². The second kappa shape index (κ2) is 7.61. The Bertz CT molecular complexity index is 566. The zero-order valence-corrected chi connectivity index (χ0v) is 14.3. The molecule has 0 spiro atoms. The van der Waals surface area contributed by atoms with Crippen LogP contribution < -0.4 is 5.32 Å². The van der Waals surface area contributed by atoms with E-state index in [1.54, 1.807) is 0 Å². The van der Waals surface area contributed by atoms with Crippen LogP contribution in [-0.2, 0) is 16.0 Å². The van der Waals surface area contributed by atoms with Gasteiger partial charge < -0.3 is 10.1 Å². The van der Waals surface area contributed by atoms with Crippen LogP contribution in [0.3, 0.4) is 0 Å². The third-order valence-electron chi connectivity index (χ3n) is 4.56. The van der Waals surface area contributed by atoms with Gasteiger partial charge in [-0.3, -0.25) is 4.79 Å². The van der Waals surface area contributed by atoms with Gasteiger partial charge in [-0.2, -0.15) is 5.26 Å². The van der Waals surface area contributed by atoms with E-state index in [0.29, 0.717) is 32.0 Å². The maximum atomic E-state index is 12.5. The van der Waals surface area contributed by atoms with Gasteiger partial charge in [0.25, 0.3) is 0 Å². The number of carbonyl (C=O) groups excluding carboxylic acids is 1. The van der Waals surface area contributed by atoms with Crippen LogP contribution in [0.2, 0.25) is 0 Å². The molecule has 124 valence electrons. The maximum Gasteiger partial charge on any atom is 0.240 e. The number of hydrogen-bond acceptors (Lipinski definition) is 3. The van der Waals surface area contributed by atoms with Crippen molar-refractivity contribution in [3.8, 4) is 6.07 Å². The molecular formula is C19H26N2O2. The van der Waals surface area contributed by atoms with Crippen LogP contribution in [0.25, 0.3) is 0 Å². The van der Waals surface area contributed by atoms with Gasteiger partial charge in [0.2, 0.25) is 5.91 Å². The fraction of sp³-hybridized carbons (Fsp3) is 0.579. The highest BCUT2D eigenvalue weighted by atomic mass is 16.5. The van der Waals surface area contributed by atoms with Crippen molar-refractivity contribution in [1.29, 1.82) is 5.26 Å². The molecule has 0 bridgehead atoms. The first-order valence-corrected chi connectivity index (χ1v) is 8.35. The molecule has 1 saturated heterocycles. The van der Waals surface area contributed by atoms with Crippen molar-refractivity contribution in [1.82, 2.24) is 5.32 Å². The monoisotopic (exact) mass is 314 g/mol. The zero-order chi connectivity index (χ0) is 16.9. The highest BCUT2D eigenvalue weighted by Crippen LogP contribution is 2.30. The average molecular weight is 314 g/mol. The first-order valence-electron chi connectivity index (χ1n) is 8.35. The van der Waals surface area contributed by atoms with E-state index >= 15 is 0 Å². The smallest absolute Gasteiger partial charge is 0.240 e. The van der Waals surface area contributed by atoms with E-state index in [4.69, 9.17) is 4.74 Å². The quantitative estimate of drug-likeness (QED) is 0.908. The van der Waals surface area contributed by atoms with Crippen molar-refractivity contribution in [2.75, 3.05) is 13.2 Å². The second-order valence-electron chi connectivity index (χ2n) is 6.78. The summed E-state index contributed by atoms with van der Waals surface area (Å²) in [6.45, 7) is 7.29. The molecule has 0 saturated carbocycles. The molecule has 2 rings (SSSR count). The van der Waals surface area contributed by atoms with Crippen molar-refractivity contribution >= 4 is 5.91 Å². The topological polar surface area (TPSA) is 62.1 Å². The van der Waals surface area contributed by atoms with Crippen molar-refractivity contribution < 1.29 is 9.53 Å². The minimum absolute atomic E-state index is 0.000435. The van der Waals surface area contributed by atoms with E-state index in [2.05, 4.69) is 49.5 Å². The van der Waals surface area contributed by atoms with Gasteiger partial charge in [-0.05, 0) is 43.2 Å². The molecule has 0 radical (unpaired) electrons. The lowest BCUT2D eigenvalue weighted by Crippen LogP contribution is -2.47. The Labute approximate surface area is 138 Å². The Hall–Kier alpha value is -1.86. The largest absolute Gasteiger partial charge is 0.381 e. The molecule has 1 atom stereocenters. The summed E-state index contributed by atoms with van der Waals surface area (Å²) >= 11 is 0. The van der Waals surface area contributed by atoms with Crippen LogP contribution in [0.4, 0.5) is 0 Å². The molecular weight excluding hydrogens is 288 g/mol. The summed E-state index contributed by atoms with van der Waals surface area (Å²) in [4.78, 5) is 12.5. The molecule has 1 N–H and O–H groups in total. The third-order valence-corrected chi connectivity index (χ3v) is 4.56. The number of rotatable bonds is 5. The van der Waals surface area contributed by atoms with Crippen molar-refractivity contribution in [3.05, 3.63) is 35.4 Å². The minimum Gasteiger partial charge on any atom is -0.381 e. The fourth-order valence-corrected chi connectivity index (χ4v) is 2.91. The predicted molar refractivity (Wildman–Crippen MR) is 89.9 cm³/mol. The molecule has 1 heterocycles. The number of nitriles is 1. The Kier molecular flexibility index (Phi) is 5.79. The van der Waals surface area contributed by atoms with Gasteiger partial charge in [-0.25, -0.2) is 0 Å². The molecule has 4 nitrogen and oxygen atoms in total. The van der Waals surface area contributed by atoms with Crippen LogP contribution in [0.5, 0.6) is 0 Å². The summed E-state index contributed by atoms with van der Waals surface area (Å²) in [6.07, 6.45) is 1.72. The minimum atomic E-state index is -0.923.